The normalized spacial score (nSPS) is 10.8. The van der Waals surface area contributed by atoms with Crippen molar-refractivity contribution in [3.05, 3.63) is 58.9 Å². The van der Waals surface area contributed by atoms with Gasteiger partial charge in [-0.1, -0.05) is 23.7 Å². The van der Waals surface area contributed by atoms with E-state index in [-0.39, 0.29) is 21.5 Å². The largest absolute Gasteiger partial charge is 0.494 e. The fourth-order valence-corrected chi connectivity index (χ4v) is 2.69. The number of ether oxygens (including phenoxy) is 1. The third kappa shape index (κ3) is 3.03. The molecule has 0 bridgehead atoms. The second-order valence-electron chi connectivity index (χ2n) is 5.10. The van der Waals surface area contributed by atoms with E-state index in [1.54, 1.807) is 24.3 Å². The average Bonchev–Trinajstić information content (AvgIpc) is 2.54. The summed E-state index contributed by atoms with van der Waals surface area (Å²) in [4.78, 5) is 15.9. The first kappa shape index (κ1) is 16.2. The lowest BCUT2D eigenvalue weighted by molar-refractivity contribution is 0.0699. The van der Waals surface area contributed by atoms with Gasteiger partial charge < -0.3 is 9.84 Å². The highest BCUT2D eigenvalue weighted by atomic mass is 35.5. The number of hydrogen-bond acceptors (Lipinski definition) is 3. The molecular formula is C18H13ClFNO3. The van der Waals surface area contributed by atoms with Crippen LogP contribution in [-0.2, 0) is 0 Å². The molecule has 0 atom stereocenters. The van der Waals surface area contributed by atoms with Crippen LogP contribution in [-0.4, -0.2) is 22.7 Å². The van der Waals surface area contributed by atoms with Crippen molar-refractivity contribution < 1.29 is 19.0 Å². The Morgan fingerprint density at radius 3 is 2.79 bits per heavy atom. The molecule has 1 heterocycles. The Bertz CT molecular complexity index is 943. The number of hydrogen-bond donors (Lipinski definition) is 1. The Morgan fingerprint density at radius 2 is 2.08 bits per heavy atom. The molecule has 0 aliphatic heterocycles. The average molecular weight is 346 g/mol. The number of pyridine rings is 1. The minimum absolute atomic E-state index is 0.0314. The van der Waals surface area contributed by atoms with Crippen LogP contribution in [0.25, 0.3) is 22.2 Å². The van der Waals surface area contributed by atoms with Crippen LogP contribution in [0.2, 0.25) is 5.02 Å². The Labute approximate surface area is 142 Å². The highest BCUT2D eigenvalue weighted by Crippen LogP contribution is 2.30. The highest BCUT2D eigenvalue weighted by Gasteiger charge is 2.16. The monoisotopic (exact) mass is 345 g/mol. The van der Waals surface area contributed by atoms with E-state index in [1.807, 2.05) is 6.92 Å². The second kappa shape index (κ2) is 6.45. The number of fused-ring (bicyclic) bond motifs is 1. The highest BCUT2D eigenvalue weighted by molar-refractivity contribution is 6.31. The molecule has 6 heteroatoms. The Hall–Kier alpha value is -2.66. The van der Waals surface area contributed by atoms with Crippen LogP contribution in [0.5, 0.6) is 5.75 Å². The zero-order chi connectivity index (χ0) is 17.3. The van der Waals surface area contributed by atoms with Gasteiger partial charge in [-0.25, -0.2) is 14.2 Å². The zero-order valence-electron chi connectivity index (χ0n) is 12.7. The van der Waals surface area contributed by atoms with Gasteiger partial charge in [0.1, 0.15) is 11.3 Å². The minimum atomic E-state index is -1.17. The SMILES string of the molecule is CCOc1cccc(-c2cc(C(=O)O)c3cc(Cl)cc(F)c3n2)c1. The van der Waals surface area contributed by atoms with Crippen molar-refractivity contribution in [1.29, 1.82) is 0 Å². The molecule has 0 aliphatic rings. The number of carboxylic acid groups (broad SMARTS) is 1. The predicted molar refractivity (Wildman–Crippen MR) is 90.3 cm³/mol. The molecule has 4 nitrogen and oxygen atoms in total. The van der Waals surface area contributed by atoms with Crippen LogP contribution < -0.4 is 4.74 Å². The lowest BCUT2D eigenvalue weighted by atomic mass is 10.0. The molecule has 0 unspecified atom stereocenters. The van der Waals surface area contributed by atoms with Crippen molar-refractivity contribution in [2.75, 3.05) is 6.61 Å². The van der Waals surface area contributed by atoms with Crippen molar-refractivity contribution in [1.82, 2.24) is 4.98 Å². The maximum absolute atomic E-state index is 14.2. The van der Waals surface area contributed by atoms with Gasteiger partial charge in [0.25, 0.3) is 0 Å². The molecule has 0 spiro atoms. The first-order valence-corrected chi connectivity index (χ1v) is 7.63. The summed E-state index contributed by atoms with van der Waals surface area (Å²) in [6, 6.07) is 11.0. The van der Waals surface area contributed by atoms with E-state index < -0.39 is 11.8 Å². The molecule has 0 radical (unpaired) electrons. The maximum Gasteiger partial charge on any atom is 0.336 e. The van der Waals surface area contributed by atoms with E-state index in [0.29, 0.717) is 23.6 Å². The second-order valence-corrected chi connectivity index (χ2v) is 5.54. The molecule has 1 aromatic heterocycles. The summed E-state index contributed by atoms with van der Waals surface area (Å²) in [6.45, 7) is 2.37. The van der Waals surface area contributed by atoms with Gasteiger partial charge in [-0.2, -0.15) is 0 Å². The molecule has 0 amide bonds. The first-order chi connectivity index (χ1) is 11.5. The molecular weight excluding hydrogens is 333 g/mol. The van der Waals surface area contributed by atoms with Gasteiger partial charge in [-0.3, -0.25) is 0 Å². The van der Waals surface area contributed by atoms with Crippen LogP contribution in [0.4, 0.5) is 4.39 Å². The van der Waals surface area contributed by atoms with Gasteiger partial charge in [0, 0.05) is 16.0 Å². The zero-order valence-corrected chi connectivity index (χ0v) is 13.5. The Morgan fingerprint density at radius 1 is 1.29 bits per heavy atom. The smallest absolute Gasteiger partial charge is 0.336 e. The molecule has 0 saturated carbocycles. The summed E-state index contributed by atoms with van der Waals surface area (Å²) in [5.41, 5.74) is 0.900. The number of halogens is 2. The van der Waals surface area contributed by atoms with Crippen LogP contribution >= 0.6 is 11.6 Å². The van der Waals surface area contributed by atoms with Crippen LogP contribution in [0, 0.1) is 5.82 Å². The van der Waals surface area contributed by atoms with Gasteiger partial charge in [0.15, 0.2) is 5.82 Å². The lowest BCUT2D eigenvalue weighted by Gasteiger charge is -2.10. The topological polar surface area (TPSA) is 59.4 Å². The van der Waals surface area contributed by atoms with E-state index in [2.05, 4.69) is 4.98 Å². The number of carbonyl (C=O) groups is 1. The predicted octanol–water partition coefficient (Wildman–Crippen LogP) is 4.79. The number of aromatic carboxylic acids is 1. The fourth-order valence-electron chi connectivity index (χ4n) is 2.49. The van der Waals surface area contributed by atoms with Crippen molar-refractivity contribution >= 4 is 28.5 Å². The molecule has 1 N–H and O–H groups in total. The van der Waals surface area contributed by atoms with Crippen LogP contribution in [0.3, 0.4) is 0 Å². The van der Waals surface area contributed by atoms with Gasteiger partial charge >= 0.3 is 5.97 Å². The minimum Gasteiger partial charge on any atom is -0.494 e. The van der Waals surface area contributed by atoms with Gasteiger partial charge in [0.2, 0.25) is 0 Å². The van der Waals surface area contributed by atoms with Crippen molar-refractivity contribution in [3.63, 3.8) is 0 Å². The first-order valence-electron chi connectivity index (χ1n) is 7.26. The quantitative estimate of drug-likeness (QED) is 0.738. The summed E-state index contributed by atoms with van der Waals surface area (Å²) in [5, 5.41) is 9.74. The number of benzene rings is 2. The lowest BCUT2D eigenvalue weighted by Crippen LogP contribution is -2.02. The molecule has 2 aromatic carbocycles. The van der Waals surface area contributed by atoms with Crippen molar-refractivity contribution in [2.24, 2.45) is 0 Å². The van der Waals surface area contributed by atoms with Crippen molar-refractivity contribution in [3.8, 4) is 17.0 Å². The third-order valence-corrected chi connectivity index (χ3v) is 3.72. The molecule has 0 saturated heterocycles. The Kier molecular flexibility index (Phi) is 4.36. The molecule has 122 valence electrons. The molecule has 0 fully saturated rings. The Balaban J connectivity index is 2.26. The summed E-state index contributed by atoms with van der Waals surface area (Å²) >= 11 is 5.84. The van der Waals surface area contributed by atoms with Crippen molar-refractivity contribution in [2.45, 2.75) is 6.92 Å². The maximum atomic E-state index is 14.2. The number of carboxylic acids is 1. The van der Waals surface area contributed by atoms with E-state index in [9.17, 15) is 14.3 Å². The third-order valence-electron chi connectivity index (χ3n) is 3.50. The number of aromatic nitrogens is 1. The molecule has 24 heavy (non-hydrogen) atoms. The standard InChI is InChI=1S/C18H13ClFNO3/c1-2-24-12-5-3-4-10(6-12)16-9-14(18(22)23)13-7-11(19)8-15(20)17(13)21-16/h3-9H,2H2,1H3,(H,22,23). The van der Waals surface area contributed by atoms with Gasteiger partial charge in [-0.05, 0) is 37.3 Å². The van der Waals surface area contributed by atoms with E-state index in [4.69, 9.17) is 16.3 Å². The summed E-state index contributed by atoms with van der Waals surface area (Å²) < 4.78 is 19.7. The molecule has 3 rings (SSSR count). The summed E-state index contributed by atoms with van der Waals surface area (Å²) in [6.07, 6.45) is 0. The van der Waals surface area contributed by atoms with Gasteiger partial charge in [0.05, 0.1) is 17.9 Å². The fraction of sp³-hybridized carbons (Fsp3) is 0.111. The van der Waals surface area contributed by atoms with Gasteiger partial charge in [-0.15, -0.1) is 0 Å². The van der Waals surface area contributed by atoms with Crippen LogP contribution in [0.15, 0.2) is 42.5 Å². The molecule has 3 aromatic rings. The summed E-state index contributed by atoms with van der Waals surface area (Å²) in [5.74, 6) is -1.21. The van der Waals surface area contributed by atoms with E-state index in [0.717, 1.165) is 6.07 Å². The van der Waals surface area contributed by atoms with E-state index >= 15 is 0 Å². The molecule has 0 aliphatic carbocycles. The number of nitrogens with zero attached hydrogens (tertiary/aromatic N) is 1. The number of rotatable bonds is 4. The van der Waals surface area contributed by atoms with Crippen LogP contribution in [0.1, 0.15) is 17.3 Å². The van der Waals surface area contributed by atoms with E-state index in [1.165, 1.54) is 12.1 Å². The summed E-state index contributed by atoms with van der Waals surface area (Å²) in [7, 11) is 0.